The molecule has 136 valence electrons. The van der Waals surface area contributed by atoms with Gasteiger partial charge in [-0.3, -0.25) is 4.98 Å². The first-order valence-corrected chi connectivity index (χ1v) is 9.13. The summed E-state index contributed by atoms with van der Waals surface area (Å²) in [6, 6.07) is 11.2. The molecule has 1 fully saturated rings. The van der Waals surface area contributed by atoms with Gasteiger partial charge >= 0.3 is 5.97 Å². The van der Waals surface area contributed by atoms with Gasteiger partial charge in [-0.05, 0) is 55.8 Å². The summed E-state index contributed by atoms with van der Waals surface area (Å²) in [6.45, 7) is 7.55. The van der Waals surface area contributed by atoms with Gasteiger partial charge in [-0.2, -0.15) is 0 Å². The normalized spacial score (nSPS) is 14.4. The van der Waals surface area contributed by atoms with E-state index in [0.717, 1.165) is 48.2 Å². The first kappa shape index (κ1) is 18.3. The van der Waals surface area contributed by atoms with Crippen molar-refractivity contribution in [1.29, 1.82) is 0 Å². The second-order valence-electron chi connectivity index (χ2n) is 6.67. The van der Waals surface area contributed by atoms with Crippen molar-refractivity contribution in [2.24, 2.45) is 0 Å². The van der Waals surface area contributed by atoms with Crippen LogP contribution in [0, 0.1) is 13.8 Å². The first-order valence-electron chi connectivity index (χ1n) is 8.72. The van der Waals surface area contributed by atoms with E-state index in [1.807, 2.05) is 19.1 Å². The Bertz CT molecular complexity index is 792. The highest BCUT2D eigenvalue weighted by molar-refractivity contribution is 7.80. The molecule has 0 spiro atoms. The van der Waals surface area contributed by atoms with Gasteiger partial charge in [0.15, 0.2) is 0 Å². The highest BCUT2D eigenvalue weighted by Gasteiger charge is 2.20. The van der Waals surface area contributed by atoms with Gasteiger partial charge in [0.05, 0.1) is 10.6 Å². The minimum Gasteiger partial charge on any atom is -0.478 e. The van der Waals surface area contributed by atoms with Crippen molar-refractivity contribution >= 4 is 28.9 Å². The molecule has 1 aliphatic rings. The van der Waals surface area contributed by atoms with E-state index >= 15 is 0 Å². The number of pyridine rings is 1. The zero-order valence-electron chi connectivity index (χ0n) is 15.1. The van der Waals surface area contributed by atoms with Crippen LogP contribution in [0.25, 0.3) is 0 Å². The van der Waals surface area contributed by atoms with Crippen LogP contribution in [0.5, 0.6) is 0 Å². The molecule has 0 atom stereocenters. The van der Waals surface area contributed by atoms with Gasteiger partial charge in [-0.1, -0.05) is 12.2 Å². The topological polar surface area (TPSA) is 56.7 Å². The van der Waals surface area contributed by atoms with E-state index in [1.165, 1.54) is 5.56 Å². The molecule has 0 radical (unpaired) electrons. The van der Waals surface area contributed by atoms with Crippen molar-refractivity contribution in [3.05, 3.63) is 58.9 Å². The van der Waals surface area contributed by atoms with Crippen LogP contribution < -0.4 is 4.90 Å². The second kappa shape index (κ2) is 7.83. The van der Waals surface area contributed by atoms with Gasteiger partial charge < -0.3 is 14.9 Å². The summed E-state index contributed by atoms with van der Waals surface area (Å²) in [5.74, 6) is -0.897. The van der Waals surface area contributed by atoms with Crippen molar-refractivity contribution in [2.75, 3.05) is 31.1 Å². The smallest absolute Gasteiger partial charge is 0.335 e. The predicted molar refractivity (Wildman–Crippen MR) is 107 cm³/mol. The van der Waals surface area contributed by atoms with Crippen LogP contribution in [-0.2, 0) is 6.42 Å². The van der Waals surface area contributed by atoms with E-state index in [4.69, 9.17) is 17.3 Å². The third kappa shape index (κ3) is 4.38. The van der Waals surface area contributed by atoms with Crippen LogP contribution in [0.15, 0.2) is 36.4 Å². The van der Waals surface area contributed by atoms with Crippen molar-refractivity contribution in [1.82, 2.24) is 9.88 Å². The average molecular weight is 369 g/mol. The Kier molecular flexibility index (Phi) is 5.52. The third-order valence-corrected chi connectivity index (χ3v) is 5.00. The van der Waals surface area contributed by atoms with E-state index in [0.29, 0.717) is 12.0 Å². The zero-order valence-corrected chi connectivity index (χ0v) is 15.9. The number of piperazine rings is 1. The van der Waals surface area contributed by atoms with Crippen molar-refractivity contribution in [3.63, 3.8) is 0 Å². The van der Waals surface area contributed by atoms with Gasteiger partial charge in [0.1, 0.15) is 0 Å². The van der Waals surface area contributed by atoms with E-state index in [9.17, 15) is 4.79 Å². The van der Waals surface area contributed by atoms with Crippen molar-refractivity contribution in [2.45, 2.75) is 20.3 Å². The molecule has 0 bridgehead atoms. The molecule has 2 heterocycles. The lowest BCUT2D eigenvalue weighted by Crippen LogP contribution is -2.48. The SMILES string of the molecule is Cc1cc(C)nc(CC(=S)N2CCN(c3ccc(C(=O)O)cc3)CC2)c1. The molecule has 1 aromatic heterocycles. The van der Waals surface area contributed by atoms with Crippen LogP contribution in [0.1, 0.15) is 27.3 Å². The molecule has 1 saturated heterocycles. The van der Waals surface area contributed by atoms with Crippen molar-refractivity contribution < 1.29 is 9.90 Å². The molecule has 0 amide bonds. The second-order valence-corrected chi connectivity index (χ2v) is 7.15. The van der Waals surface area contributed by atoms with Gasteiger partial charge in [0, 0.05) is 49.7 Å². The predicted octanol–water partition coefficient (Wildman–Crippen LogP) is 3.09. The highest BCUT2D eigenvalue weighted by atomic mass is 32.1. The first-order chi connectivity index (χ1) is 12.4. The Morgan fingerprint density at radius 3 is 2.35 bits per heavy atom. The number of aryl methyl sites for hydroxylation is 2. The Hall–Kier alpha value is -2.47. The summed E-state index contributed by atoms with van der Waals surface area (Å²) >= 11 is 5.65. The van der Waals surface area contributed by atoms with E-state index < -0.39 is 5.97 Å². The molecule has 1 N–H and O–H groups in total. The lowest BCUT2D eigenvalue weighted by molar-refractivity contribution is 0.0697. The maximum absolute atomic E-state index is 11.0. The van der Waals surface area contributed by atoms with E-state index in [-0.39, 0.29) is 0 Å². The standard InChI is InChI=1S/C20H23N3O2S/c1-14-11-15(2)21-17(12-14)13-19(26)23-9-7-22(8-10-23)18-5-3-16(4-6-18)20(24)25/h3-6,11-12H,7-10,13H2,1-2H3,(H,24,25). The fourth-order valence-corrected chi connectivity index (χ4v) is 3.64. The molecule has 26 heavy (non-hydrogen) atoms. The monoisotopic (exact) mass is 369 g/mol. The molecule has 3 rings (SSSR count). The number of benzene rings is 1. The fraction of sp³-hybridized carbons (Fsp3) is 0.350. The van der Waals surface area contributed by atoms with Crippen molar-refractivity contribution in [3.8, 4) is 0 Å². The van der Waals surface area contributed by atoms with Gasteiger partial charge in [0.2, 0.25) is 0 Å². The number of hydrogen-bond acceptors (Lipinski definition) is 4. The van der Waals surface area contributed by atoms with E-state index in [1.54, 1.807) is 12.1 Å². The van der Waals surface area contributed by atoms with Crippen LogP contribution in [0.3, 0.4) is 0 Å². The summed E-state index contributed by atoms with van der Waals surface area (Å²) < 4.78 is 0. The number of thiocarbonyl (C=S) groups is 1. The van der Waals surface area contributed by atoms with Crippen LogP contribution >= 0.6 is 12.2 Å². The van der Waals surface area contributed by atoms with Gasteiger partial charge in [-0.25, -0.2) is 4.79 Å². The van der Waals surface area contributed by atoms with Crippen LogP contribution in [-0.4, -0.2) is 52.1 Å². The number of nitrogens with zero attached hydrogens (tertiary/aromatic N) is 3. The maximum atomic E-state index is 11.0. The Balaban J connectivity index is 1.57. The number of aromatic carboxylic acids is 1. The summed E-state index contributed by atoms with van der Waals surface area (Å²) in [6.07, 6.45) is 0.700. The summed E-state index contributed by atoms with van der Waals surface area (Å²) in [4.78, 5) is 21.0. The molecule has 0 saturated carbocycles. The number of anilines is 1. The number of hydrogen-bond donors (Lipinski definition) is 1. The van der Waals surface area contributed by atoms with Crippen LogP contribution in [0.2, 0.25) is 0 Å². The number of carboxylic acids is 1. The maximum Gasteiger partial charge on any atom is 0.335 e. The molecule has 1 aliphatic heterocycles. The quantitative estimate of drug-likeness (QED) is 0.836. The minimum absolute atomic E-state index is 0.314. The van der Waals surface area contributed by atoms with E-state index in [2.05, 4.69) is 33.8 Å². The Morgan fingerprint density at radius 1 is 1.12 bits per heavy atom. The summed E-state index contributed by atoms with van der Waals surface area (Å²) in [5, 5.41) is 9.00. The minimum atomic E-state index is -0.897. The average Bonchev–Trinajstić information content (AvgIpc) is 2.61. The molecule has 5 nitrogen and oxygen atoms in total. The molecular formula is C20H23N3O2S. The molecule has 2 aromatic rings. The summed E-state index contributed by atoms with van der Waals surface area (Å²) in [5.41, 5.74) is 4.63. The lowest BCUT2D eigenvalue weighted by atomic mass is 10.1. The zero-order chi connectivity index (χ0) is 18.7. The lowest BCUT2D eigenvalue weighted by Gasteiger charge is -2.37. The molecule has 0 aliphatic carbocycles. The number of carbonyl (C=O) groups is 1. The molecule has 6 heteroatoms. The number of rotatable bonds is 4. The molecule has 0 unspecified atom stereocenters. The molecule has 1 aromatic carbocycles. The largest absolute Gasteiger partial charge is 0.478 e. The highest BCUT2D eigenvalue weighted by Crippen LogP contribution is 2.18. The summed E-state index contributed by atoms with van der Waals surface area (Å²) in [7, 11) is 0. The molecular weight excluding hydrogens is 346 g/mol. The van der Waals surface area contributed by atoms with Gasteiger partial charge in [0.25, 0.3) is 0 Å². The van der Waals surface area contributed by atoms with Gasteiger partial charge in [-0.15, -0.1) is 0 Å². The number of aromatic nitrogens is 1. The number of carboxylic acid groups (broad SMARTS) is 1. The Labute approximate surface area is 159 Å². The van der Waals surface area contributed by atoms with Crippen LogP contribution in [0.4, 0.5) is 5.69 Å². The Morgan fingerprint density at radius 2 is 1.77 bits per heavy atom. The third-order valence-electron chi connectivity index (χ3n) is 4.59. The fourth-order valence-electron chi connectivity index (χ4n) is 3.31.